The van der Waals surface area contributed by atoms with Gasteiger partial charge in [0, 0.05) is 31.1 Å². The molecule has 7 nitrogen and oxygen atoms in total. The Morgan fingerprint density at radius 3 is 2.69 bits per heavy atom. The van der Waals surface area contributed by atoms with E-state index in [1.807, 2.05) is 30.3 Å². The van der Waals surface area contributed by atoms with E-state index in [-0.39, 0.29) is 18.2 Å². The van der Waals surface area contributed by atoms with Crippen LogP contribution in [-0.2, 0) is 11.2 Å². The van der Waals surface area contributed by atoms with Gasteiger partial charge < -0.3 is 15.2 Å². The van der Waals surface area contributed by atoms with Crippen LogP contribution in [0.1, 0.15) is 40.2 Å². The molecule has 2 unspecified atom stereocenters. The van der Waals surface area contributed by atoms with Gasteiger partial charge in [-0.3, -0.25) is 9.59 Å². The number of aromatic nitrogens is 3. The third-order valence-electron chi connectivity index (χ3n) is 4.98. The predicted molar refractivity (Wildman–Crippen MR) is 105 cm³/mol. The highest BCUT2D eigenvalue weighted by atomic mass is 19.1. The number of benzene rings is 2. The largest absolute Gasteiger partial charge is 0.337 e. The summed E-state index contributed by atoms with van der Waals surface area (Å²) in [5.41, 5.74) is 1.96. The molecule has 0 saturated heterocycles. The van der Waals surface area contributed by atoms with E-state index in [0.29, 0.717) is 23.5 Å². The number of nitrogens with one attached hydrogen (secondary N) is 2. The van der Waals surface area contributed by atoms with Gasteiger partial charge in [0.25, 0.3) is 5.91 Å². The summed E-state index contributed by atoms with van der Waals surface area (Å²) in [5.74, 6) is -0.457. The van der Waals surface area contributed by atoms with Crippen LogP contribution in [0.15, 0.2) is 54.6 Å². The number of nitrogens with zero attached hydrogens (tertiary/aromatic N) is 3. The van der Waals surface area contributed by atoms with Crippen molar-refractivity contribution in [2.45, 2.75) is 25.1 Å². The van der Waals surface area contributed by atoms with E-state index in [2.05, 4.69) is 20.5 Å². The third kappa shape index (κ3) is 3.87. The molecule has 1 aliphatic rings. The molecule has 8 heteroatoms. The number of anilines is 1. The molecule has 29 heavy (non-hydrogen) atoms. The summed E-state index contributed by atoms with van der Waals surface area (Å²) in [7, 11) is 1.57. The number of aromatic amines is 1. The standard InChI is InChI=1S/C21H20FN5O2/c1-27-17-10-6-5-9-14(17)15(22)12-16(21(27)29)23-20(28)19-24-18(25-26-19)11-13-7-3-2-4-8-13/h2-10,15-16H,11-12H2,1H3,(H,23,28)(H,24,25,26). The first kappa shape index (κ1) is 18.8. The van der Waals surface area contributed by atoms with Gasteiger partial charge in [0.2, 0.25) is 11.7 Å². The highest BCUT2D eigenvalue weighted by Gasteiger charge is 2.34. The van der Waals surface area contributed by atoms with E-state index >= 15 is 0 Å². The van der Waals surface area contributed by atoms with E-state index in [0.717, 1.165) is 5.56 Å². The van der Waals surface area contributed by atoms with Crippen LogP contribution >= 0.6 is 0 Å². The second-order valence-corrected chi connectivity index (χ2v) is 6.97. The maximum Gasteiger partial charge on any atom is 0.289 e. The quantitative estimate of drug-likeness (QED) is 0.713. The molecule has 2 N–H and O–H groups in total. The number of halogens is 1. The van der Waals surface area contributed by atoms with Crippen LogP contribution in [0.2, 0.25) is 0 Å². The third-order valence-corrected chi connectivity index (χ3v) is 4.98. The zero-order valence-corrected chi connectivity index (χ0v) is 15.8. The molecule has 1 aliphatic heterocycles. The van der Waals surface area contributed by atoms with Gasteiger partial charge in [-0.15, -0.1) is 10.2 Å². The summed E-state index contributed by atoms with van der Waals surface area (Å²) >= 11 is 0. The molecule has 148 valence electrons. The molecule has 2 heterocycles. The van der Waals surface area contributed by atoms with Crippen molar-refractivity contribution in [3.05, 3.63) is 77.4 Å². The SMILES string of the molecule is CN1C(=O)C(NC(=O)c2nnc(Cc3ccccc3)[nH]2)CC(F)c2ccccc21. The van der Waals surface area contributed by atoms with Crippen LogP contribution in [0.4, 0.5) is 10.1 Å². The molecule has 2 aromatic carbocycles. The zero-order valence-electron chi connectivity index (χ0n) is 15.8. The number of hydrogen-bond donors (Lipinski definition) is 2. The van der Waals surface area contributed by atoms with Gasteiger partial charge in [0.05, 0.1) is 0 Å². The van der Waals surface area contributed by atoms with Gasteiger partial charge in [0.15, 0.2) is 0 Å². The lowest BCUT2D eigenvalue weighted by Gasteiger charge is -2.21. The van der Waals surface area contributed by atoms with E-state index in [1.165, 1.54) is 4.90 Å². The summed E-state index contributed by atoms with van der Waals surface area (Å²) in [5, 5.41) is 10.5. The van der Waals surface area contributed by atoms with E-state index in [1.54, 1.807) is 31.3 Å². The Labute approximate surface area is 167 Å². The number of carbonyl (C=O) groups is 2. The van der Waals surface area contributed by atoms with Crippen molar-refractivity contribution in [2.75, 3.05) is 11.9 Å². The highest BCUT2D eigenvalue weighted by Crippen LogP contribution is 2.35. The number of amides is 2. The fourth-order valence-corrected chi connectivity index (χ4v) is 3.46. The number of fused-ring (bicyclic) bond motifs is 1. The molecular formula is C21H20FN5O2. The van der Waals surface area contributed by atoms with Crippen LogP contribution in [0, 0.1) is 0 Å². The van der Waals surface area contributed by atoms with Crippen molar-refractivity contribution >= 4 is 17.5 Å². The van der Waals surface area contributed by atoms with Crippen molar-refractivity contribution in [3.63, 3.8) is 0 Å². The minimum Gasteiger partial charge on any atom is -0.337 e. The van der Waals surface area contributed by atoms with Crippen molar-refractivity contribution in [3.8, 4) is 0 Å². The Hall–Kier alpha value is -3.55. The number of alkyl halides is 1. The fourth-order valence-electron chi connectivity index (χ4n) is 3.46. The Bertz CT molecular complexity index is 1040. The van der Waals surface area contributed by atoms with Crippen LogP contribution in [-0.4, -0.2) is 40.1 Å². The molecule has 1 aromatic heterocycles. The van der Waals surface area contributed by atoms with Gasteiger partial charge >= 0.3 is 0 Å². The molecule has 0 saturated carbocycles. The molecule has 0 fully saturated rings. The first-order valence-corrected chi connectivity index (χ1v) is 9.30. The molecule has 0 aliphatic carbocycles. The molecule has 3 aromatic rings. The van der Waals surface area contributed by atoms with Gasteiger partial charge in [-0.25, -0.2) is 4.39 Å². The summed E-state index contributed by atoms with van der Waals surface area (Å²) < 4.78 is 14.8. The second-order valence-electron chi connectivity index (χ2n) is 6.97. The smallest absolute Gasteiger partial charge is 0.289 e. The zero-order chi connectivity index (χ0) is 20.4. The fraction of sp³-hybridized carbons (Fsp3) is 0.238. The molecule has 0 spiro atoms. The van der Waals surface area contributed by atoms with Gasteiger partial charge in [-0.1, -0.05) is 48.5 Å². The number of likely N-dealkylation sites (N-methyl/N-ethyl adjacent to an activating group) is 1. The minimum atomic E-state index is -1.37. The normalized spacial score (nSPS) is 18.8. The topological polar surface area (TPSA) is 91.0 Å². The van der Waals surface area contributed by atoms with E-state index in [9.17, 15) is 14.0 Å². The molecule has 0 radical (unpaired) electrons. The summed E-state index contributed by atoms with van der Waals surface area (Å²) in [6.45, 7) is 0. The lowest BCUT2D eigenvalue weighted by Crippen LogP contribution is -2.47. The van der Waals surface area contributed by atoms with Crippen molar-refractivity contribution < 1.29 is 14.0 Å². The van der Waals surface area contributed by atoms with Gasteiger partial charge in [-0.05, 0) is 11.6 Å². The van der Waals surface area contributed by atoms with E-state index < -0.39 is 18.1 Å². The number of para-hydroxylation sites is 1. The van der Waals surface area contributed by atoms with Gasteiger partial charge in [-0.2, -0.15) is 0 Å². The monoisotopic (exact) mass is 393 g/mol. The van der Waals surface area contributed by atoms with Gasteiger partial charge in [0.1, 0.15) is 18.0 Å². The molecule has 4 rings (SSSR count). The van der Waals surface area contributed by atoms with Crippen LogP contribution < -0.4 is 10.2 Å². The Balaban J connectivity index is 1.48. The summed E-state index contributed by atoms with van der Waals surface area (Å²) in [4.78, 5) is 29.6. The first-order valence-electron chi connectivity index (χ1n) is 9.30. The molecule has 2 atom stereocenters. The molecule has 0 bridgehead atoms. The van der Waals surface area contributed by atoms with Crippen molar-refractivity contribution in [1.29, 1.82) is 0 Å². The summed E-state index contributed by atoms with van der Waals surface area (Å²) in [6, 6.07) is 15.5. The lowest BCUT2D eigenvalue weighted by molar-refractivity contribution is -0.120. The number of hydrogen-bond acceptors (Lipinski definition) is 4. The maximum atomic E-state index is 14.8. The van der Waals surface area contributed by atoms with Crippen molar-refractivity contribution in [1.82, 2.24) is 20.5 Å². The average Bonchev–Trinajstić information content (AvgIpc) is 3.18. The number of rotatable bonds is 4. The van der Waals surface area contributed by atoms with Crippen LogP contribution in [0.25, 0.3) is 0 Å². The second kappa shape index (κ2) is 7.83. The maximum absolute atomic E-state index is 14.8. The van der Waals surface area contributed by atoms with Crippen LogP contribution in [0.3, 0.4) is 0 Å². The number of H-pyrrole nitrogens is 1. The first-order chi connectivity index (χ1) is 14.0. The lowest BCUT2D eigenvalue weighted by atomic mass is 10.0. The van der Waals surface area contributed by atoms with Crippen LogP contribution in [0.5, 0.6) is 0 Å². The van der Waals surface area contributed by atoms with E-state index in [4.69, 9.17) is 0 Å². The number of carbonyl (C=O) groups excluding carboxylic acids is 2. The van der Waals surface area contributed by atoms with Crippen molar-refractivity contribution in [2.24, 2.45) is 0 Å². The molecule has 2 amide bonds. The minimum absolute atomic E-state index is 0.0106. The Morgan fingerprint density at radius 2 is 1.90 bits per heavy atom. The average molecular weight is 393 g/mol. The Morgan fingerprint density at radius 1 is 1.17 bits per heavy atom. The Kier molecular flexibility index (Phi) is 5.07. The molecular weight excluding hydrogens is 373 g/mol. The highest BCUT2D eigenvalue weighted by molar-refractivity contribution is 6.02. The summed E-state index contributed by atoms with van der Waals surface area (Å²) in [6.07, 6.45) is -1.01. The predicted octanol–water partition coefficient (Wildman–Crippen LogP) is 2.57.